The minimum absolute atomic E-state index is 0.0425. The molecule has 0 radical (unpaired) electrons. The number of amides is 1. The molecule has 1 aromatic carbocycles. The minimum Gasteiger partial charge on any atom is -0.398 e. The predicted molar refractivity (Wildman–Crippen MR) is 81.3 cm³/mol. The van der Waals surface area contributed by atoms with Crippen molar-refractivity contribution in [2.45, 2.75) is 37.6 Å². The van der Waals surface area contributed by atoms with Gasteiger partial charge in [0.2, 0.25) is 15.9 Å². The van der Waals surface area contributed by atoms with Gasteiger partial charge < -0.3 is 10.6 Å². The van der Waals surface area contributed by atoms with Crippen LogP contribution in [0.3, 0.4) is 0 Å². The van der Waals surface area contributed by atoms with E-state index in [1.165, 1.54) is 6.07 Å². The van der Waals surface area contributed by atoms with Crippen LogP contribution in [0.2, 0.25) is 0 Å². The number of aryl methyl sites for hydroxylation is 1. The maximum atomic E-state index is 12.4. The third kappa shape index (κ3) is 3.36. The van der Waals surface area contributed by atoms with Crippen molar-refractivity contribution in [3.05, 3.63) is 23.3 Å². The zero-order valence-electron chi connectivity index (χ0n) is 12.5. The molecule has 1 atom stereocenters. The van der Waals surface area contributed by atoms with Crippen LogP contribution in [-0.4, -0.2) is 38.9 Å². The van der Waals surface area contributed by atoms with Crippen LogP contribution in [0.5, 0.6) is 0 Å². The van der Waals surface area contributed by atoms with E-state index in [-0.39, 0.29) is 16.8 Å². The summed E-state index contributed by atoms with van der Waals surface area (Å²) in [5.41, 5.74) is 8.04. The highest BCUT2D eigenvalue weighted by Gasteiger charge is 2.27. The fourth-order valence-electron chi connectivity index (χ4n) is 2.40. The first-order chi connectivity index (χ1) is 9.70. The molecule has 1 unspecified atom stereocenters. The van der Waals surface area contributed by atoms with Crippen molar-refractivity contribution < 1.29 is 13.2 Å². The number of anilines is 1. The van der Waals surface area contributed by atoms with Gasteiger partial charge in [-0.15, -0.1) is 0 Å². The number of hydrogen-bond donors (Lipinski definition) is 2. The number of carbonyl (C=O) groups is 1. The summed E-state index contributed by atoms with van der Waals surface area (Å²) in [6, 6.07) is 2.83. The normalized spacial score (nSPS) is 19.9. The molecule has 1 aliphatic rings. The molecule has 0 aromatic heterocycles. The molecule has 0 bridgehead atoms. The summed E-state index contributed by atoms with van der Waals surface area (Å²) < 4.78 is 27.5. The second kappa shape index (κ2) is 5.65. The average molecular weight is 311 g/mol. The van der Waals surface area contributed by atoms with Gasteiger partial charge in [-0.05, 0) is 43.5 Å². The smallest absolute Gasteiger partial charge is 0.240 e. The predicted octanol–water partition coefficient (Wildman–Crippen LogP) is 0.785. The van der Waals surface area contributed by atoms with Crippen molar-refractivity contribution >= 4 is 21.6 Å². The average Bonchev–Trinajstić information content (AvgIpc) is 2.39. The SMILES string of the molecule is Cc1cc(S(=O)(=O)NC2CCC(=O)N(C)C2)cc(N)c1C. The van der Waals surface area contributed by atoms with Gasteiger partial charge in [-0.3, -0.25) is 4.79 Å². The Labute approximate surface area is 125 Å². The van der Waals surface area contributed by atoms with Gasteiger partial charge in [-0.25, -0.2) is 13.1 Å². The van der Waals surface area contributed by atoms with Crippen LogP contribution in [0.15, 0.2) is 17.0 Å². The highest BCUT2D eigenvalue weighted by Crippen LogP contribution is 2.22. The van der Waals surface area contributed by atoms with E-state index in [1.807, 2.05) is 13.8 Å². The van der Waals surface area contributed by atoms with E-state index in [1.54, 1.807) is 18.0 Å². The van der Waals surface area contributed by atoms with E-state index >= 15 is 0 Å². The molecule has 1 heterocycles. The third-order valence-electron chi connectivity index (χ3n) is 3.94. The van der Waals surface area contributed by atoms with Crippen LogP contribution in [0, 0.1) is 13.8 Å². The van der Waals surface area contributed by atoms with Gasteiger partial charge in [-0.1, -0.05) is 0 Å². The number of carbonyl (C=O) groups excluding carboxylic acids is 1. The van der Waals surface area contributed by atoms with Crippen LogP contribution in [0.25, 0.3) is 0 Å². The Morgan fingerprint density at radius 3 is 2.57 bits per heavy atom. The van der Waals surface area contributed by atoms with Gasteiger partial charge in [0.05, 0.1) is 4.90 Å². The number of hydrogen-bond acceptors (Lipinski definition) is 4. The lowest BCUT2D eigenvalue weighted by Gasteiger charge is -2.30. The zero-order chi connectivity index (χ0) is 15.8. The van der Waals surface area contributed by atoms with E-state index in [4.69, 9.17) is 5.73 Å². The Bertz CT molecular complexity index is 647. The molecule has 6 nitrogen and oxygen atoms in total. The number of nitrogens with zero attached hydrogens (tertiary/aromatic N) is 1. The molecule has 0 aliphatic carbocycles. The van der Waals surface area contributed by atoms with Gasteiger partial charge in [0.25, 0.3) is 0 Å². The Hall–Kier alpha value is -1.60. The maximum Gasteiger partial charge on any atom is 0.240 e. The summed E-state index contributed by atoms with van der Waals surface area (Å²) in [6.07, 6.45) is 0.876. The molecule has 1 aromatic rings. The van der Waals surface area contributed by atoms with Gasteiger partial charge >= 0.3 is 0 Å². The largest absolute Gasteiger partial charge is 0.398 e. The zero-order valence-corrected chi connectivity index (χ0v) is 13.3. The Balaban J connectivity index is 2.21. The monoisotopic (exact) mass is 311 g/mol. The summed E-state index contributed by atoms with van der Waals surface area (Å²) in [5, 5.41) is 0. The molecule has 1 saturated heterocycles. The molecule has 0 spiro atoms. The van der Waals surface area contributed by atoms with Crippen molar-refractivity contribution in [1.82, 2.24) is 9.62 Å². The number of nitrogens with two attached hydrogens (primary N) is 1. The number of benzene rings is 1. The summed E-state index contributed by atoms with van der Waals surface area (Å²) in [6.45, 7) is 4.08. The number of rotatable bonds is 3. The molecule has 2 rings (SSSR count). The molecular weight excluding hydrogens is 290 g/mol. The minimum atomic E-state index is -3.63. The number of likely N-dealkylation sites (tertiary alicyclic amines) is 1. The topological polar surface area (TPSA) is 92.5 Å². The highest BCUT2D eigenvalue weighted by molar-refractivity contribution is 7.89. The molecule has 116 valence electrons. The second-order valence-corrected chi connectivity index (χ2v) is 7.30. The number of nitrogens with one attached hydrogen (secondary N) is 1. The first-order valence-corrected chi connectivity index (χ1v) is 8.32. The van der Waals surface area contributed by atoms with Crippen LogP contribution in [-0.2, 0) is 14.8 Å². The number of piperidine rings is 1. The molecule has 21 heavy (non-hydrogen) atoms. The molecular formula is C14H21N3O3S. The van der Waals surface area contributed by atoms with Gasteiger partial charge in [0, 0.05) is 31.7 Å². The van der Waals surface area contributed by atoms with E-state index in [0.717, 1.165) is 11.1 Å². The third-order valence-corrected chi connectivity index (χ3v) is 5.44. The molecule has 3 N–H and O–H groups in total. The first-order valence-electron chi connectivity index (χ1n) is 6.83. The lowest BCUT2D eigenvalue weighted by Crippen LogP contribution is -2.48. The fraction of sp³-hybridized carbons (Fsp3) is 0.500. The molecule has 0 saturated carbocycles. The van der Waals surface area contributed by atoms with E-state index < -0.39 is 10.0 Å². The van der Waals surface area contributed by atoms with Gasteiger partial charge in [0.15, 0.2) is 0 Å². The lowest BCUT2D eigenvalue weighted by molar-refractivity contribution is -0.132. The highest BCUT2D eigenvalue weighted by atomic mass is 32.2. The molecule has 1 amide bonds. The number of sulfonamides is 1. The lowest BCUT2D eigenvalue weighted by atomic mass is 10.1. The standard InChI is InChI=1S/C14H21N3O3S/c1-9-6-12(7-13(15)10(9)2)21(19,20)16-11-4-5-14(18)17(3)8-11/h6-7,11,16H,4-5,8,15H2,1-3H3. The van der Waals surface area contributed by atoms with Crippen LogP contribution < -0.4 is 10.5 Å². The van der Waals surface area contributed by atoms with Crippen LogP contribution >= 0.6 is 0 Å². The van der Waals surface area contributed by atoms with E-state index in [0.29, 0.717) is 25.1 Å². The van der Waals surface area contributed by atoms with Crippen molar-refractivity contribution in [1.29, 1.82) is 0 Å². The molecule has 1 fully saturated rings. The van der Waals surface area contributed by atoms with Crippen LogP contribution in [0.1, 0.15) is 24.0 Å². The second-order valence-electron chi connectivity index (χ2n) is 5.59. The quantitative estimate of drug-likeness (QED) is 0.807. The van der Waals surface area contributed by atoms with Gasteiger partial charge in [0.1, 0.15) is 0 Å². The van der Waals surface area contributed by atoms with E-state index in [2.05, 4.69) is 4.72 Å². The molecule has 1 aliphatic heterocycles. The van der Waals surface area contributed by atoms with Crippen molar-refractivity contribution in [2.75, 3.05) is 19.3 Å². The maximum absolute atomic E-state index is 12.4. The van der Waals surface area contributed by atoms with Crippen molar-refractivity contribution in [3.8, 4) is 0 Å². The molecule has 7 heteroatoms. The fourth-order valence-corrected chi connectivity index (χ4v) is 3.78. The summed E-state index contributed by atoms with van der Waals surface area (Å²) in [5.74, 6) is 0.0425. The van der Waals surface area contributed by atoms with Crippen LogP contribution in [0.4, 0.5) is 5.69 Å². The van der Waals surface area contributed by atoms with E-state index in [9.17, 15) is 13.2 Å². The van der Waals surface area contributed by atoms with Gasteiger partial charge in [-0.2, -0.15) is 0 Å². The number of likely N-dealkylation sites (N-methyl/N-ethyl adjacent to an activating group) is 1. The Morgan fingerprint density at radius 1 is 1.33 bits per heavy atom. The summed E-state index contributed by atoms with van der Waals surface area (Å²) in [7, 11) is -1.95. The first kappa shape index (κ1) is 15.8. The Kier molecular flexibility index (Phi) is 4.25. The van der Waals surface area contributed by atoms with Crippen molar-refractivity contribution in [2.24, 2.45) is 0 Å². The summed E-state index contributed by atoms with van der Waals surface area (Å²) >= 11 is 0. The van der Waals surface area contributed by atoms with Crippen molar-refractivity contribution in [3.63, 3.8) is 0 Å². The summed E-state index contributed by atoms with van der Waals surface area (Å²) in [4.78, 5) is 13.2. The Morgan fingerprint density at radius 2 is 2.00 bits per heavy atom. The number of nitrogen functional groups attached to an aromatic ring is 1.